The van der Waals surface area contributed by atoms with Gasteiger partial charge in [-0.3, -0.25) is 49.4 Å². The van der Waals surface area contributed by atoms with Gasteiger partial charge < -0.3 is 35.0 Å². The number of amides is 4. The maximum atomic E-state index is 12.3. The number of pyridine rings is 2. The molecule has 0 atom stereocenters. The number of rotatable bonds is 14. The number of aryl methyl sites for hydroxylation is 2. The van der Waals surface area contributed by atoms with Crippen LogP contribution in [0.3, 0.4) is 0 Å². The number of nitro groups is 2. The Morgan fingerprint density at radius 3 is 1.70 bits per heavy atom. The Labute approximate surface area is 375 Å². The van der Waals surface area contributed by atoms with Crippen LogP contribution in [0, 0.1) is 34.1 Å². The first kappa shape index (κ1) is 49.9. The lowest BCUT2D eigenvalue weighted by molar-refractivity contribution is -0.385. The van der Waals surface area contributed by atoms with Crippen molar-refractivity contribution >= 4 is 46.6 Å². The van der Waals surface area contributed by atoms with Gasteiger partial charge in [-0.25, -0.2) is 0 Å². The molecule has 0 radical (unpaired) electrons. The molecule has 3 aliphatic heterocycles. The average Bonchev–Trinajstić information content (AvgIpc) is 4.08. The summed E-state index contributed by atoms with van der Waals surface area (Å²) >= 11 is 5.79. The van der Waals surface area contributed by atoms with Crippen LogP contribution in [0.25, 0.3) is 0 Å². The smallest absolute Gasteiger partial charge is 0.276 e. The monoisotopic (exact) mass is 904 g/mol. The number of likely N-dealkylation sites (tertiary alicyclic amines) is 2. The number of hydrogen-bond acceptors (Lipinski definition) is 13. The van der Waals surface area contributed by atoms with Crippen molar-refractivity contribution in [2.45, 2.75) is 65.2 Å². The second kappa shape index (κ2) is 26.0. The van der Waals surface area contributed by atoms with Crippen LogP contribution < -0.4 is 15.4 Å². The van der Waals surface area contributed by atoms with E-state index in [-0.39, 0.29) is 46.4 Å². The number of carbonyl (C=O) groups excluding carboxylic acids is 4. The molecule has 7 rings (SSSR count). The Morgan fingerprint density at radius 2 is 1.23 bits per heavy atom. The van der Waals surface area contributed by atoms with E-state index in [4.69, 9.17) is 26.2 Å². The lowest BCUT2D eigenvalue weighted by Crippen LogP contribution is -2.30. The summed E-state index contributed by atoms with van der Waals surface area (Å²) in [6.45, 7) is 9.17. The molecule has 0 unspecified atom stereocenters. The second-order valence-electron chi connectivity index (χ2n) is 14.8. The third-order valence-corrected chi connectivity index (χ3v) is 10.1. The number of phenols is 1. The zero-order chi connectivity index (χ0) is 46.4. The van der Waals surface area contributed by atoms with Crippen molar-refractivity contribution in [2.75, 3.05) is 52.5 Å². The number of aromatic nitrogens is 2. The molecule has 2 aromatic carbocycles. The largest absolute Gasteiger partial charge is 0.508 e. The summed E-state index contributed by atoms with van der Waals surface area (Å²) in [5.74, 6) is 0.360. The first-order valence-electron chi connectivity index (χ1n) is 20.9. The molecule has 3 N–H and O–H groups in total. The zero-order valence-corrected chi connectivity index (χ0v) is 36.6. The van der Waals surface area contributed by atoms with Crippen molar-refractivity contribution in [3.8, 4) is 17.2 Å². The Bertz CT molecular complexity index is 2230. The van der Waals surface area contributed by atoms with E-state index in [0.717, 1.165) is 51.6 Å². The molecule has 342 valence electrons. The molecule has 5 heterocycles. The van der Waals surface area contributed by atoms with Crippen LogP contribution in [-0.2, 0) is 14.3 Å². The second-order valence-corrected chi connectivity index (χ2v) is 15.2. The Morgan fingerprint density at radius 1 is 0.734 bits per heavy atom. The summed E-state index contributed by atoms with van der Waals surface area (Å²) in [6.07, 6.45) is 10.0. The first-order valence-corrected chi connectivity index (χ1v) is 21.2. The minimum atomic E-state index is -0.519. The molecule has 19 nitrogen and oxygen atoms in total. The van der Waals surface area contributed by atoms with Gasteiger partial charge in [-0.2, -0.15) is 0 Å². The lowest BCUT2D eigenvalue weighted by atomic mass is 10.2. The van der Waals surface area contributed by atoms with Crippen molar-refractivity contribution in [1.29, 1.82) is 0 Å². The minimum absolute atomic E-state index is 0.0361. The molecular formula is C44H53ClN8O11. The number of carbonyl (C=O) groups is 4. The normalized spacial score (nSPS) is 14.0. The quantitative estimate of drug-likeness (QED) is 0.0677. The first-order chi connectivity index (χ1) is 30.7. The molecule has 0 saturated carbocycles. The predicted molar refractivity (Wildman–Crippen MR) is 236 cm³/mol. The standard InChI is InChI=1S/C20H22N4O5.C13H16ClN3O2.C7H7NO3.C4H8O/c1-14-5-6-15(13-18(14)24(27)28)29-16-7-9-21-17(12-16)20(26)22-8-3-11-23-10-2-4-19(23)25;14-10-4-6-15-11(9-10)13(19)16-5-2-8-17-7-1-3-12(17)18;1-5-2-3-6(9)4-7(5)8(10)11;1-2-4-5-3-1/h5-7,9,12-13H,2-4,8,10-11H2,1H3,(H,22,26);4,6,9H,1-3,5,7-8H2,(H,16,19);2-4,9H,1H3;1-4H2. The van der Waals surface area contributed by atoms with Crippen molar-refractivity contribution in [3.63, 3.8) is 0 Å². The lowest BCUT2D eigenvalue weighted by Gasteiger charge is -2.15. The summed E-state index contributed by atoms with van der Waals surface area (Å²) in [6, 6.07) is 14.8. The van der Waals surface area contributed by atoms with Gasteiger partial charge in [0.05, 0.1) is 22.0 Å². The molecule has 2 aromatic heterocycles. The molecule has 3 aliphatic rings. The number of aromatic hydroxyl groups is 1. The van der Waals surface area contributed by atoms with Gasteiger partial charge in [-0.1, -0.05) is 11.6 Å². The molecular weight excluding hydrogens is 852 g/mol. The summed E-state index contributed by atoms with van der Waals surface area (Å²) in [5.41, 5.74) is 1.49. The molecule has 20 heteroatoms. The predicted octanol–water partition coefficient (Wildman–Crippen LogP) is 6.72. The Balaban J connectivity index is 0.000000217. The van der Waals surface area contributed by atoms with Crippen molar-refractivity contribution in [1.82, 2.24) is 30.4 Å². The number of nitro benzene ring substituents is 2. The van der Waals surface area contributed by atoms with E-state index in [2.05, 4.69) is 20.6 Å². The summed E-state index contributed by atoms with van der Waals surface area (Å²) in [4.78, 5) is 79.0. The van der Waals surface area contributed by atoms with Gasteiger partial charge in [-0.05, 0) is 94.8 Å². The molecule has 64 heavy (non-hydrogen) atoms. The van der Waals surface area contributed by atoms with E-state index in [1.165, 1.54) is 55.6 Å². The fourth-order valence-electron chi connectivity index (χ4n) is 6.42. The molecule has 0 bridgehead atoms. The van der Waals surface area contributed by atoms with Crippen molar-refractivity contribution in [2.24, 2.45) is 0 Å². The van der Waals surface area contributed by atoms with Gasteiger partial charge in [0, 0.05) is 99.9 Å². The molecule has 3 fully saturated rings. The molecule has 0 spiro atoms. The summed E-state index contributed by atoms with van der Waals surface area (Å²) in [7, 11) is 0. The number of benzene rings is 2. The molecule has 3 saturated heterocycles. The van der Waals surface area contributed by atoms with E-state index < -0.39 is 9.85 Å². The van der Waals surface area contributed by atoms with Gasteiger partial charge >= 0.3 is 0 Å². The molecule has 4 aromatic rings. The van der Waals surface area contributed by atoms with Crippen LogP contribution in [0.2, 0.25) is 5.02 Å². The number of hydrogen-bond donors (Lipinski definition) is 3. The average molecular weight is 905 g/mol. The number of halogens is 1. The van der Waals surface area contributed by atoms with Crippen LogP contribution in [0.4, 0.5) is 11.4 Å². The zero-order valence-electron chi connectivity index (χ0n) is 35.8. The third kappa shape index (κ3) is 16.9. The van der Waals surface area contributed by atoms with Gasteiger partial charge in [0.1, 0.15) is 28.6 Å². The maximum absolute atomic E-state index is 12.3. The van der Waals surface area contributed by atoms with E-state index in [9.17, 15) is 39.4 Å². The molecule has 0 aliphatic carbocycles. The highest BCUT2D eigenvalue weighted by Crippen LogP contribution is 2.28. The van der Waals surface area contributed by atoms with E-state index >= 15 is 0 Å². The van der Waals surface area contributed by atoms with Crippen molar-refractivity contribution in [3.05, 3.63) is 121 Å². The highest BCUT2D eigenvalue weighted by molar-refractivity contribution is 6.30. The Hall–Kier alpha value is -6.73. The topological polar surface area (TPSA) is 250 Å². The van der Waals surface area contributed by atoms with E-state index in [1.54, 1.807) is 43.0 Å². The summed E-state index contributed by atoms with van der Waals surface area (Å²) in [5, 5.41) is 36.2. The van der Waals surface area contributed by atoms with Crippen LogP contribution in [0.5, 0.6) is 17.2 Å². The SMILES string of the molecule is C1CCOC1.Cc1ccc(O)cc1[N+](=O)[O-].Cc1ccc(Oc2ccnc(C(=O)NCCCN3CCCC3=O)c2)cc1[N+](=O)[O-].O=C(NCCCN1CCCC1=O)c1cc(Cl)ccn1. The van der Waals surface area contributed by atoms with Crippen LogP contribution >= 0.6 is 11.6 Å². The van der Waals surface area contributed by atoms with Crippen LogP contribution in [0.1, 0.15) is 83.5 Å². The van der Waals surface area contributed by atoms with E-state index in [0.29, 0.717) is 78.8 Å². The number of phenolic OH excluding ortho intramolecular Hbond substituents is 1. The highest BCUT2D eigenvalue weighted by Gasteiger charge is 2.21. The Kier molecular flexibility index (Phi) is 20.3. The van der Waals surface area contributed by atoms with Crippen LogP contribution in [0.15, 0.2) is 73.1 Å². The van der Waals surface area contributed by atoms with Crippen molar-refractivity contribution < 1.29 is 43.6 Å². The van der Waals surface area contributed by atoms with Gasteiger partial charge in [-0.15, -0.1) is 0 Å². The number of nitrogens with zero attached hydrogens (tertiary/aromatic N) is 6. The third-order valence-electron chi connectivity index (χ3n) is 9.87. The molecule has 4 amide bonds. The van der Waals surface area contributed by atoms with Crippen LogP contribution in [-0.4, -0.2) is 111 Å². The fraction of sp³-hybridized carbons (Fsp3) is 0.409. The van der Waals surface area contributed by atoms with Gasteiger partial charge in [0.2, 0.25) is 11.8 Å². The van der Waals surface area contributed by atoms with Gasteiger partial charge in [0.25, 0.3) is 23.2 Å². The van der Waals surface area contributed by atoms with E-state index in [1.807, 2.05) is 4.90 Å². The number of nitrogens with one attached hydrogen (secondary N) is 2. The van der Waals surface area contributed by atoms with Gasteiger partial charge in [0.15, 0.2) is 0 Å². The number of ether oxygens (including phenoxy) is 2. The maximum Gasteiger partial charge on any atom is 0.276 e. The fourth-order valence-corrected chi connectivity index (χ4v) is 6.58. The highest BCUT2D eigenvalue weighted by atomic mass is 35.5. The minimum Gasteiger partial charge on any atom is -0.508 e. The summed E-state index contributed by atoms with van der Waals surface area (Å²) < 4.78 is 10.6.